The van der Waals surface area contributed by atoms with Crippen molar-refractivity contribution in [2.45, 2.75) is 52.6 Å². The predicted octanol–water partition coefficient (Wildman–Crippen LogP) is 1.92. The van der Waals surface area contributed by atoms with Crippen LogP contribution < -0.4 is 10.6 Å². The lowest BCUT2D eigenvalue weighted by molar-refractivity contribution is 0.397. The van der Waals surface area contributed by atoms with Crippen LogP contribution in [0.5, 0.6) is 0 Å². The zero-order valence-corrected chi connectivity index (χ0v) is 15.3. The molecule has 1 aliphatic rings. The van der Waals surface area contributed by atoms with Crippen molar-refractivity contribution in [3.05, 3.63) is 41.2 Å². The number of hydrogen-bond acceptors (Lipinski definition) is 4. The molecule has 0 saturated heterocycles. The van der Waals surface area contributed by atoms with Gasteiger partial charge in [-0.1, -0.05) is 0 Å². The van der Waals surface area contributed by atoms with Crippen LogP contribution in [0.15, 0.2) is 23.5 Å². The molecule has 1 aliphatic heterocycles. The summed E-state index contributed by atoms with van der Waals surface area (Å²) < 4.78 is 2.01. The minimum absolute atomic E-state index is 0.162. The first-order valence-electron chi connectivity index (χ1n) is 9.03. The molecule has 3 heterocycles. The summed E-state index contributed by atoms with van der Waals surface area (Å²) in [4.78, 5) is 13.5. The van der Waals surface area contributed by atoms with Crippen molar-refractivity contribution < 1.29 is 0 Å². The van der Waals surface area contributed by atoms with Crippen LogP contribution in [0.25, 0.3) is 0 Å². The maximum atomic E-state index is 4.74. The highest BCUT2D eigenvalue weighted by Crippen LogP contribution is 2.22. The first-order chi connectivity index (χ1) is 12.2. The SMILES string of the molecule is CCNC(=NCCc1ccncc1C)NC1CCCn2nc(C)nc21. The monoisotopic (exact) mass is 341 g/mol. The molecule has 7 nitrogen and oxygen atoms in total. The second-order valence-corrected chi connectivity index (χ2v) is 6.39. The smallest absolute Gasteiger partial charge is 0.191 e. The van der Waals surface area contributed by atoms with Gasteiger partial charge < -0.3 is 10.6 Å². The van der Waals surface area contributed by atoms with Crippen molar-refractivity contribution in [3.8, 4) is 0 Å². The fraction of sp³-hybridized carbons (Fsp3) is 0.556. The van der Waals surface area contributed by atoms with Crippen LogP contribution in [-0.2, 0) is 13.0 Å². The molecule has 2 N–H and O–H groups in total. The number of rotatable bonds is 5. The highest BCUT2D eigenvalue weighted by molar-refractivity contribution is 5.80. The van der Waals surface area contributed by atoms with Crippen LogP contribution in [0, 0.1) is 13.8 Å². The van der Waals surface area contributed by atoms with Crippen molar-refractivity contribution in [2.24, 2.45) is 4.99 Å². The van der Waals surface area contributed by atoms with E-state index in [2.05, 4.69) is 45.6 Å². The van der Waals surface area contributed by atoms with E-state index in [0.717, 1.165) is 56.5 Å². The largest absolute Gasteiger partial charge is 0.357 e. The van der Waals surface area contributed by atoms with E-state index >= 15 is 0 Å². The zero-order valence-electron chi connectivity index (χ0n) is 15.3. The molecule has 2 aromatic heterocycles. The molecule has 0 radical (unpaired) electrons. The summed E-state index contributed by atoms with van der Waals surface area (Å²) in [5.74, 6) is 2.69. The second-order valence-electron chi connectivity index (χ2n) is 6.39. The molecule has 2 aromatic rings. The van der Waals surface area contributed by atoms with E-state index < -0.39 is 0 Å². The van der Waals surface area contributed by atoms with E-state index in [4.69, 9.17) is 4.99 Å². The van der Waals surface area contributed by atoms with Crippen molar-refractivity contribution in [3.63, 3.8) is 0 Å². The molecule has 7 heteroatoms. The second kappa shape index (κ2) is 8.09. The minimum atomic E-state index is 0.162. The molecule has 1 unspecified atom stereocenters. The van der Waals surface area contributed by atoms with Gasteiger partial charge in [-0.3, -0.25) is 9.98 Å². The topological polar surface area (TPSA) is 80.0 Å². The Morgan fingerprint density at radius 3 is 3.08 bits per heavy atom. The van der Waals surface area contributed by atoms with Crippen LogP contribution >= 0.6 is 0 Å². The Morgan fingerprint density at radius 2 is 2.28 bits per heavy atom. The Kier molecular flexibility index (Phi) is 5.63. The maximum absolute atomic E-state index is 4.74. The Balaban J connectivity index is 1.66. The summed E-state index contributed by atoms with van der Waals surface area (Å²) >= 11 is 0. The number of nitrogens with one attached hydrogen (secondary N) is 2. The van der Waals surface area contributed by atoms with Crippen LogP contribution in [-0.4, -0.2) is 38.8 Å². The molecule has 25 heavy (non-hydrogen) atoms. The number of nitrogens with zero attached hydrogens (tertiary/aromatic N) is 5. The third-order valence-corrected chi connectivity index (χ3v) is 4.42. The Labute approximate surface area is 149 Å². The number of fused-ring (bicyclic) bond motifs is 1. The van der Waals surface area contributed by atoms with Crippen LogP contribution in [0.3, 0.4) is 0 Å². The summed E-state index contributed by atoms with van der Waals surface area (Å²) in [6.07, 6.45) is 6.80. The third-order valence-electron chi connectivity index (χ3n) is 4.42. The molecule has 0 aliphatic carbocycles. The molecule has 0 bridgehead atoms. The number of hydrogen-bond donors (Lipinski definition) is 2. The van der Waals surface area contributed by atoms with E-state index in [-0.39, 0.29) is 6.04 Å². The molecule has 0 fully saturated rings. The Bertz CT molecular complexity index is 735. The lowest BCUT2D eigenvalue weighted by atomic mass is 10.1. The van der Waals surface area contributed by atoms with Crippen LogP contribution in [0.1, 0.15) is 48.6 Å². The molecular weight excluding hydrogens is 314 g/mol. The van der Waals surface area contributed by atoms with Crippen molar-refractivity contribution in [2.75, 3.05) is 13.1 Å². The van der Waals surface area contributed by atoms with Gasteiger partial charge in [0.05, 0.1) is 6.04 Å². The Morgan fingerprint density at radius 1 is 1.40 bits per heavy atom. The standard InChI is InChI=1S/C18H27N7/c1-4-20-18(21-10-8-15-7-9-19-12-13(15)2)23-16-6-5-11-25-17(16)22-14(3)24-25/h7,9,12,16H,4-6,8,10-11H2,1-3H3,(H2,20,21,23). The predicted molar refractivity (Wildman–Crippen MR) is 98.5 cm³/mol. The number of aryl methyl sites for hydroxylation is 3. The van der Waals surface area contributed by atoms with Gasteiger partial charge in [0.25, 0.3) is 0 Å². The average molecular weight is 341 g/mol. The van der Waals surface area contributed by atoms with Gasteiger partial charge in [0.2, 0.25) is 0 Å². The average Bonchev–Trinajstić information content (AvgIpc) is 2.98. The quantitative estimate of drug-likeness (QED) is 0.641. The van der Waals surface area contributed by atoms with Gasteiger partial charge in [0.1, 0.15) is 11.6 Å². The first-order valence-corrected chi connectivity index (χ1v) is 9.03. The van der Waals surface area contributed by atoms with Crippen molar-refractivity contribution in [1.29, 1.82) is 0 Å². The van der Waals surface area contributed by atoms with Gasteiger partial charge in [-0.05, 0) is 57.2 Å². The molecule has 0 amide bonds. The fourth-order valence-corrected chi connectivity index (χ4v) is 3.16. The van der Waals surface area contributed by atoms with E-state index in [9.17, 15) is 0 Å². The number of aliphatic imine (C=N–C) groups is 1. The van der Waals surface area contributed by atoms with Gasteiger partial charge >= 0.3 is 0 Å². The summed E-state index contributed by atoms with van der Waals surface area (Å²) in [7, 11) is 0. The number of guanidine groups is 1. The minimum Gasteiger partial charge on any atom is -0.357 e. The first kappa shape index (κ1) is 17.4. The van der Waals surface area contributed by atoms with Gasteiger partial charge in [-0.2, -0.15) is 5.10 Å². The van der Waals surface area contributed by atoms with E-state index in [0.29, 0.717) is 0 Å². The van der Waals surface area contributed by atoms with E-state index in [1.165, 1.54) is 11.1 Å². The molecule has 134 valence electrons. The number of pyridine rings is 1. The van der Waals surface area contributed by atoms with Gasteiger partial charge in [-0.15, -0.1) is 0 Å². The molecule has 3 rings (SSSR count). The van der Waals surface area contributed by atoms with Gasteiger partial charge in [0.15, 0.2) is 5.96 Å². The van der Waals surface area contributed by atoms with Crippen molar-refractivity contribution in [1.82, 2.24) is 30.4 Å². The van der Waals surface area contributed by atoms with Crippen LogP contribution in [0.4, 0.5) is 0 Å². The molecule has 1 atom stereocenters. The highest BCUT2D eigenvalue weighted by atomic mass is 15.4. The molecule has 0 aromatic carbocycles. The summed E-state index contributed by atoms with van der Waals surface area (Å²) in [5, 5.41) is 11.3. The fourth-order valence-electron chi connectivity index (χ4n) is 3.16. The number of aromatic nitrogens is 4. The molecule has 0 saturated carbocycles. The van der Waals surface area contributed by atoms with E-state index in [1.54, 1.807) is 0 Å². The van der Waals surface area contributed by atoms with Gasteiger partial charge in [0, 0.05) is 32.0 Å². The van der Waals surface area contributed by atoms with Gasteiger partial charge in [-0.25, -0.2) is 9.67 Å². The summed E-state index contributed by atoms with van der Waals surface area (Å²) in [5.41, 5.74) is 2.51. The van der Waals surface area contributed by atoms with E-state index in [1.807, 2.05) is 24.0 Å². The molecular formula is C18H27N7. The normalized spacial score (nSPS) is 17.2. The maximum Gasteiger partial charge on any atom is 0.191 e. The summed E-state index contributed by atoms with van der Waals surface area (Å²) in [6, 6.07) is 2.23. The molecule has 0 spiro atoms. The highest BCUT2D eigenvalue weighted by Gasteiger charge is 2.24. The Hall–Kier alpha value is -2.44. The lowest BCUT2D eigenvalue weighted by Gasteiger charge is -2.25. The summed E-state index contributed by atoms with van der Waals surface area (Å²) in [6.45, 7) is 8.63. The lowest BCUT2D eigenvalue weighted by Crippen LogP contribution is -2.41. The third kappa shape index (κ3) is 4.35. The zero-order chi connectivity index (χ0) is 17.6. The van der Waals surface area contributed by atoms with Crippen LogP contribution in [0.2, 0.25) is 0 Å². The van der Waals surface area contributed by atoms with Crippen molar-refractivity contribution >= 4 is 5.96 Å².